The molecule has 1 fully saturated rings. The lowest BCUT2D eigenvalue weighted by atomic mass is 9.99. The first-order chi connectivity index (χ1) is 14.5. The summed E-state index contributed by atoms with van der Waals surface area (Å²) in [5, 5.41) is 12.2. The fraction of sp³-hybridized carbons (Fsp3) is 0.375. The lowest BCUT2D eigenvalue weighted by molar-refractivity contribution is -0.0224. The van der Waals surface area contributed by atoms with E-state index in [0.717, 1.165) is 10.8 Å². The number of rotatable bonds is 9. The number of hydrogen-bond acceptors (Lipinski definition) is 10. The Morgan fingerprint density at radius 2 is 1.77 bits per heavy atom. The highest BCUT2D eigenvalue weighted by Gasteiger charge is 2.41. The van der Waals surface area contributed by atoms with Crippen molar-refractivity contribution in [2.75, 3.05) is 13.7 Å². The summed E-state index contributed by atoms with van der Waals surface area (Å²) >= 11 is 0. The van der Waals surface area contributed by atoms with Gasteiger partial charge >= 0.3 is 24.2 Å². The van der Waals surface area contributed by atoms with Crippen LogP contribution in [0.2, 0.25) is 0 Å². The van der Waals surface area contributed by atoms with Crippen molar-refractivity contribution >= 4 is 35.0 Å². The Balaban J connectivity index is 1.68. The summed E-state index contributed by atoms with van der Waals surface area (Å²) in [6.45, 7) is -0.658. The van der Waals surface area contributed by atoms with Crippen LogP contribution in [-0.2, 0) is 27.0 Å². The topological polar surface area (TPSA) is 181 Å². The number of benzene rings is 2. The Bertz CT molecular complexity index is 1010. The summed E-state index contributed by atoms with van der Waals surface area (Å²) in [5.41, 5.74) is 0.665. The molecule has 5 N–H and O–H groups in total. The van der Waals surface area contributed by atoms with Crippen molar-refractivity contribution in [3.8, 4) is 5.75 Å². The van der Waals surface area contributed by atoms with Gasteiger partial charge in [0.15, 0.2) is 0 Å². The Morgan fingerprint density at radius 3 is 2.39 bits per heavy atom. The van der Waals surface area contributed by atoms with Gasteiger partial charge in [-0.25, -0.2) is 13.4 Å². The van der Waals surface area contributed by atoms with E-state index < -0.39 is 49.2 Å². The molecule has 3 unspecified atom stereocenters. The molecule has 5 atom stereocenters. The van der Waals surface area contributed by atoms with E-state index >= 15 is 0 Å². The molecular weight excluding hydrogens is 477 g/mol. The number of aliphatic hydroxyl groups excluding tert-OH is 1. The van der Waals surface area contributed by atoms with Crippen LogP contribution in [0.25, 0.3) is 10.8 Å². The number of phosphoric ester groups is 1. The second-order valence-electron chi connectivity index (χ2n) is 6.56. The molecule has 1 aliphatic rings. The van der Waals surface area contributed by atoms with Gasteiger partial charge in [-0.15, -0.1) is 0 Å². The van der Waals surface area contributed by atoms with Gasteiger partial charge in [-0.3, -0.25) is 4.52 Å². The lowest BCUT2D eigenvalue weighted by Crippen LogP contribution is -2.26. The first kappa shape index (κ1) is 24.7. The van der Waals surface area contributed by atoms with Crippen molar-refractivity contribution in [1.82, 2.24) is 0 Å². The number of phosphoric acid groups is 2. The van der Waals surface area contributed by atoms with Gasteiger partial charge in [0.1, 0.15) is 11.9 Å². The largest absolute Gasteiger partial charge is 0.496 e. The molecule has 0 saturated carbocycles. The second-order valence-corrected chi connectivity index (χ2v) is 10.5. The summed E-state index contributed by atoms with van der Waals surface area (Å²) in [7, 11) is -12.2. The number of hydrogen-bond donors (Lipinski definition) is 5. The van der Waals surface area contributed by atoms with Crippen LogP contribution in [0, 0.1) is 0 Å². The van der Waals surface area contributed by atoms with Gasteiger partial charge in [0.2, 0.25) is 0 Å². The normalized spacial score (nSPS) is 25.5. The monoisotopic (exact) mass is 498 g/mol. The minimum atomic E-state index is -5.27. The van der Waals surface area contributed by atoms with Crippen LogP contribution in [0.4, 0.5) is 0 Å². The summed E-state index contributed by atoms with van der Waals surface area (Å²) in [4.78, 5) is 35.9. The third-order valence-corrected chi connectivity index (χ3v) is 7.99. The van der Waals surface area contributed by atoms with Gasteiger partial charge in [-0.2, -0.15) is 4.31 Å². The number of aliphatic hydroxyl groups is 1. The Kier molecular flexibility index (Phi) is 7.87. The number of ether oxygens (including phenoxy) is 2. The van der Waals surface area contributed by atoms with Crippen LogP contribution in [0.3, 0.4) is 0 Å². The van der Waals surface area contributed by atoms with Gasteiger partial charge in [-0.05, 0) is 22.9 Å². The van der Waals surface area contributed by atoms with Crippen molar-refractivity contribution in [2.24, 2.45) is 0 Å². The van der Waals surface area contributed by atoms with Gasteiger partial charge in [0.05, 0.1) is 25.9 Å². The first-order valence-corrected chi connectivity index (χ1v) is 12.9. The molecule has 1 aliphatic heterocycles. The molecule has 1 saturated heterocycles. The summed E-state index contributed by atoms with van der Waals surface area (Å²) < 4.78 is 46.8. The predicted octanol–water partition coefficient (Wildman–Crippen LogP) is 2.50. The fourth-order valence-electron chi connectivity index (χ4n) is 3.17. The zero-order valence-electron chi connectivity index (χ0n) is 16.0. The highest BCUT2D eigenvalue weighted by atomic mass is 31.3. The molecular formula is C16H21O12P3. The summed E-state index contributed by atoms with van der Waals surface area (Å²) in [6, 6.07) is 11.3. The van der Waals surface area contributed by atoms with E-state index in [-0.39, 0.29) is 6.42 Å². The quantitative estimate of drug-likeness (QED) is 0.319. The molecule has 2 aromatic carbocycles. The van der Waals surface area contributed by atoms with Crippen molar-refractivity contribution < 1.29 is 56.4 Å². The van der Waals surface area contributed by atoms with Gasteiger partial charge in [0.25, 0.3) is 0 Å². The Hall–Kier alpha value is -0.970. The first-order valence-electron chi connectivity index (χ1n) is 8.79. The maximum Gasteiger partial charge on any atom is 0.487 e. The van der Waals surface area contributed by atoms with Gasteiger partial charge < -0.3 is 34.2 Å². The van der Waals surface area contributed by atoms with Crippen molar-refractivity contribution in [3.05, 3.63) is 42.0 Å². The third-order valence-electron chi connectivity index (χ3n) is 4.45. The third kappa shape index (κ3) is 6.52. The van der Waals surface area contributed by atoms with E-state index in [1.165, 1.54) is 7.11 Å². The SMILES string of the molecule is COc1cc2ccccc2cc1[C@H]1C[C@@H](O)C(COP(=O)(O)OP(=O)(O)OP(O)O)O1. The zero-order chi connectivity index (χ0) is 22.8. The van der Waals surface area contributed by atoms with Crippen LogP contribution in [0.15, 0.2) is 36.4 Å². The van der Waals surface area contributed by atoms with E-state index in [0.29, 0.717) is 11.3 Å². The molecule has 0 aliphatic carbocycles. The highest BCUT2D eigenvalue weighted by molar-refractivity contribution is 7.65. The van der Waals surface area contributed by atoms with E-state index in [2.05, 4.69) is 13.1 Å². The van der Waals surface area contributed by atoms with Gasteiger partial charge in [-0.1, -0.05) is 24.3 Å². The smallest absolute Gasteiger partial charge is 0.487 e. The summed E-state index contributed by atoms with van der Waals surface area (Å²) in [6.07, 6.45) is -2.61. The number of methoxy groups -OCH3 is 1. The van der Waals surface area contributed by atoms with Crippen LogP contribution in [0.1, 0.15) is 18.1 Å². The zero-order valence-corrected chi connectivity index (χ0v) is 18.7. The lowest BCUT2D eigenvalue weighted by Gasteiger charge is -2.20. The molecule has 0 bridgehead atoms. The van der Waals surface area contributed by atoms with E-state index in [1.54, 1.807) is 0 Å². The standard InChI is InChI=1S/C16H21O12P3/c1-24-14-7-11-5-3-2-4-10(11)6-12(14)15-8-13(17)16(26-15)9-25-30(20,21)28-31(22,23)27-29(18)19/h2-7,13,15-19H,8-9H2,1H3,(H,20,21)(H,22,23)/t13-,15-,16?/m1/s1. The molecule has 0 aromatic heterocycles. The van der Waals surface area contributed by atoms with E-state index in [9.17, 15) is 24.0 Å². The van der Waals surface area contributed by atoms with E-state index in [1.807, 2.05) is 36.4 Å². The van der Waals surface area contributed by atoms with Crippen molar-refractivity contribution in [2.45, 2.75) is 24.7 Å². The fourth-order valence-corrected chi connectivity index (χ4v) is 5.87. The molecule has 2 aromatic rings. The van der Waals surface area contributed by atoms with Crippen molar-refractivity contribution in [1.29, 1.82) is 0 Å². The maximum absolute atomic E-state index is 11.9. The average molecular weight is 498 g/mol. The average Bonchev–Trinajstić information content (AvgIpc) is 3.04. The molecule has 0 amide bonds. The molecule has 0 spiro atoms. The van der Waals surface area contributed by atoms with E-state index in [4.69, 9.17) is 19.3 Å². The molecule has 0 radical (unpaired) electrons. The second kappa shape index (κ2) is 9.89. The minimum Gasteiger partial charge on any atom is -0.496 e. The Labute approximate surface area is 178 Å². The number of fused-ring (bicyclic) bond motifs is 1. The molecule has 15 heteroatoms. The van der Waals surface area contributed by atoms with Crippen LogP contribution >= 0.6 is 24.2 Å². The summed E-state index contributed by atoms with van der Waals surface area (Å²) in [5.74, 6) is 0.538. The van der Waals surface area contributed by atoms with Crippen LogP contribution in [0.5, 0.6) is 5.75 Å². The molecule has 172 valence electrons. The van der Waals surface area contributed by atoms with Gasteiger partial charge in [0, 0.05) is 12.0 Å². The van der Waals surface area contributed by atoms with Crippen LogP contribution in [-0.4, -0.2) is 50.6 Å². The van der Waals surface area contributed by atoms with Crippen molar-refractivity contribution in [3.63, 3.8) is 0 Å². The molecule has 3 rings (SSSR count). The molecule has 1 heterocycles. The molecule has 31 heavy (non-hydrogen) atoms. The molecule has 12 nitrogen and oxygen atoms in total. The predicted molar refractivity (Wildman–Crippen MR) is 108 cm³/mol. The maximum atomic E-state index is 11.9. The van der Waals surface area contributed by atoms with Crippen LogP contribution < -0.4 is 4.74 Å². The highest BCUT2D eigenvalue weighted by Crippen LogP contribution is 2.64. The Morgan fingerprint density at radius 1 is 1.13 bits per heavy atom. The minimum absolute atomic E-state index is 0.139.